The zero-order valence-electron chi connectivity index (χ0n) is 20.2. The van der Waals surface area contributed by atoms with Crippen LogP contribution in [-0.4, -0.2) is 52.6 Å². The van der Waals surface area contributed by atoms with Gasteiger partial charge in [-0.1, -0.05) is 6.07 Å². The molecule has 16 heteroatoms. The highest BCUT2D eigenvalue weighted by molar-refractivity contribution is 7.91. The van der Waals surface area contributed by atoms with Crippen LogP contribution in [0.15, 0.2) is 52.6 Å². The van der Waals surface area contributed by atoms with Gasteiger partial charge in [-0.3, -0.25) is 8.98 Å². The minimum Gasteiger partial charge on any atom is -0.606 e. The van der Waals surface area contributed by atoms with E-state index in [4.69, 9.17) is 5.14 Å². The van der Waals surface area contributed by atoms with Crippen molar-refractivity contribution in [3.05, 3.63) is 63.7 Å². The van der Waals surface area contributed by atoms with E-state index in [2.05, 4.69) is 19.5 Å². The van der Waals surface area contributed by atoms with Gasteiger partial charge < -0.3 is 15.0 Å². The Morgan fingerprint density at radius 1 is 1.33 bits per heavy atom. The number of hydrogen-bond acceptors (Lipinski definition) is 10. The van der Waals surface area contributed by atoms with Crippen LogP contribution in [0.1, 0.15) is 38.5 Å². The highest BCUT2D eigenvalue weighted by atomic mass is 32.2. The van der Waals surface area contributed by atoms with Gasteiger partial charge in [0, 0.05) is 41.5 Å². The molecule has 3 aromatic rings. The zero-order valence-corrected chi connectivity index (χ0v) is 22.7. The molecular formula is C23H23F3N4O6S3. The number of thiophene rings is 1. The molecule has 0 amide bonds. The minimum atomic E-state index is -4.59. The third-order valence-corrected chi connectivity index (χ3v) is 9.22. The summed E-state index contributed by atoms with van der Waals surface area (Å²) < 4.78 is 79.2. The van der Waals surface area contributed by atoms with Gasteiger partial charge in [0.05, 0.1) is 33.6 Å². The van der Waals surface area contributed by atoms with Crippen LogP contribution in [0.3, 0.4) is 0 Å². The lowest BCUT2D eigenvalue weighted by Gasteiger charge is -2.15. The number of nitrogens with one attached hydrogen (secondary N) is 1. The minimum absolute atomic E-state index is 0.0455. The number of alkyl halides is 3. The number of carbonyl (C=O) groups excluding carboxylic acids is 1. The van der Waals surface area contributed by atoms with Gasteiger partial charge in [0.1, 0.15) is 12.1 Å². The normalized spacial score (nSPS) is 20.6. The van der Waals surface area contributed by atoms with Gasteiger partial charge in [0.15, 0.2) is 9.79 Å². The summed E-state index contributed by atoms with van der Waals surface area (Å²) in [6.45, 7) is 1.32. The molecule has 4 atom stereocenters. The molecule has 0 radical (unpaired) electrons. The molecule has 1 aliphatic rings. The highest BCUT2D eigenvalue weighted by Crippen LogP contribution is 2.36. The second-order valence-electron chi connectivity index (χ2n) is 8.86. The summed E-state index contributed by atoms with van der Waals surface area (Å²) in [4.78, 5) is 22.3. The molecule has 0 spiro atoms. The smallest absolute Gasteiger partial charge is 0.416 e. The van der Waals surface area contributed by atoms with Crippen LogP contribution in [0.5, 0.6) is 0 Å². The molecule has 1 aromatic carbocycles. The van der Waals surface area contributed by atoms with E-state index in [1.807, 2.05) is 0 Å². The Morgan fingerprint density at radius 2 is 2.08 bits per heavy atom. The second kappa shape index (κ2) is 11.5. The Kier molecular flexibility index (Phi) is 8.65. The van der Waals surface area contributed by atoms with Crippen molar-refractivity contribution in [1.29, 1.82) is 0 Å². The number of nitrogens with zero attached hydrogens (tertiary/aromatic N) is 2. The Labute approximate surface area is 228 Å². The average molecular weight is 605 g/mol. The van der Waals surface area contributed by atoms with E-state index < -0.39 is 51.0 Å². The summed E-state index contributed by atoms with van der Waals surface area (Å²) in [5, 5.41) is 18.2. The van der Waals surface area contributed by atoms with Gasteiger partial charge in [-0.05, 0) is 31.9 Å². The van der Waals surface area contributed by atoms with Crippen molar-refractivity contribution in [2.75, 3.05) is 11.9 Å². The van der Waals surface area contributed by atoms with E-state index >= 15 is 0 Å². The number of carbonyl (C=O) groups is 1. The van der Waals surface area contributed by atoms with Crippen molar-refractivity contribution in [2.45, 2.75) is 47.9 Å². The highest BCUT2D eigenvalue weighted by Gasteiger charge is 2.35. The first-order chi connectivity index (χ1) is 18.2. The van der Waals surface area contributed by atoms with Crippen molar-refractivity contribution in [2.24, 2.45) is 11.1 Å². The number of ketones is 1. The topological polar surface area (TPSA) is 168 Å². The number of aliphatic hydroxyl groups excluding tert-OH is 1. The largest absolute Gasteiger partial charge is 0.606 e. The Balaban J connectivity index is 1.52. The molecule has 1 saturated carbocycles. The quantitative estimate of drug-likeness (QED) is 0.246. The lowest BCUT2D eigenvalue weighted by atomic mass is 10.1. The van der Waals surface area contributed by atoms with Gasteiger partial charge in [0.2, 0.25) is 5.78 Å². The van der Waals surface area contributed by atoms with Crippen LogP contribution in [0.4, 0.5) is 19.0 Å². The Hall–Kier alpha value is -2.60. The number of benzene rings is 1. The maximum atomic E-state index is 13.4. The summed E-state index contributed by atoms with van der Waals surface area (Å²) in [6, 6.07) is 5.22. The average Bonchev–Trinajstić information content (AvgIpc) is 3.43. The summed E-state index contributed by atoms with van der Waals surface area (Å²) in [5.74, 6) is -0.840. The number of aliphatic hydroxyl groups is 1. The second-order valence-corrected chi connectivity index (χ2v) is 12.8. The monoisotopic (exact) mass is 604 g/mol. The van der Waals surface area contributed by atoms with Crippen LogP contribution in [0.25, 0.3) is 0 Å². The first-order valence-electron chi connectivity index (χ1n) is 11.4. The van der Waals surface area contributed by atoms with Crippen LogP contribution in [0.2, 0.25) is 0 Å². The molecule has 2 aromatic heterocycles. The van der Waals surface area contributed by atoms with Crippen molar-refractivity contribution < 1.29 is 40.2 Å². The fourth-order valence-electron chi connectivity index (χ4n) is 4.19. The number of aryl methyl sites for hydroxylation is 1. The molecule has 0 aliphatic heterocycles. The van der Waals surface area contributed by atoms with Crippen LogP contribution < -0.4 is 10.5 Å². The van der Waals surface area contributed by atoms with Gasteiger partial charge >= 0.3 is 16.5 Å². The van der Waals surface area contributed by atoms with Crippen molar-refractivity contribution in [1.82, 2.24) is 9.97 Å². The fourth-order valence-corrected chi connectivity index (χ4v) is 7.03. The van der Waals surface area contributed by atoms with Gasteiger partial charge in [-0.2, -0.15) is 21.6 Å². The van der Waals surface area contributed by atoms with Gasteiger partial charge in [-0.25, -0.2) is 15.1 Å². The Morgan fingerprint density at radius 3 is 2.77 bits per heavy atom. The molecule has 4 N–H and O–H groups in total. The van der Waals surface area contributed by atoms with Crippen molar-refractivity contribution in [3.63, 3.8) is 0 Å². The van der Waals surface area contributed by atoms with E-state index in [0.717, 1.165) is 23.5 Å². The number of nitrogens with two attached hydrogens (primary N) is 1. The number of rotatable bonds is 9. The van der Waals surface area contributed by atoms with Crippen molar-refractivity contribution in [3.8, 4) is 0 Å². The predicted molar refractivity (Wildman–Crippen MR) is 136 cm³/mol. The third kappa shape index (κ3) is 7.13. The number of anilines is 1. The van der Waals surface area contributed by atoms with Gasteiger partial charge in [-0.15, -0.1) is 11.3 Å². The summed E-state index contributed by atoms with van der Waals surface area (Å²) in [5.41, 5.74) is -0.834. The van der Waals surface area contributed by atoms with E-state index in [-0.39, 0.29) is 45.1 Å². The summed E-state index contributed by atoms with van der Waals surface area (Å²) in [6.07, 6.45) is -2.41. The molecule has 0 saturated heterocycles. The molecule has 2 heterocycles. The van der Waals surface area contributed by atoms with E-state index in [9.17, 15) is 36.0 Å². The molecule has 1 aliphatic carbocycles. The van der Waals surface area contributed by atoms with Crippen LogP contribution in [-0.2, 0) is 31.8 Å². The standard InChI is InChI=1S/C23H23F3N4O6S3/c1-12-20(38(33)16-4-2-3-14(6-16)23(24,25)26)8-19(37-12)21(32)17-9-28-11-29-22(17)30-15-5-13(18(31)7-15)10-36-39(27,34)35/h2-4,6,8-9,11,13,15,18,31H,5,7,10H2,1H3,(H2,27,34,35)(H,28,29,30)/t13-,15-,18+,38-/m1/s1. The Bertz CT molecular complexity index is 1470. The first kappa shape index (κ1) is 29.4. The molecule has 4 rings (SSSR count). The third-order valence-electron chi connectivity index (χ3n) is 6.07. The van der Waals surface area contributed by atoms with Crippen LogP contribution in [0, 0.1) is 12.8 Å². The number of aromatic nitrogens is 2. The predicted octanol–water partition coefficient (Wildman–Crippen LogP) is 3.03. The van der Waals surface area contributed by atoms with E-state index in [1.165, 1.54) is 30.7 Å². The lowest BCUT2D eigenvalue weighted by Crippen LogP contribution is -2.24. The molecule has 210 valence electrons. The first-order valence-corrected chi connectivity index (χ1v) is 14.8. The van der Waals surface area contributed by atoms with E-state index in [0.29, 0.717) is 11.3 Å². The molecule has 0 unspecified atom stereocenters. The molecule has 39 heavy (non-hydrogen) atoms. The molecule has 1 fully saturated rings. The summed E-state index contributed by atoms with van der Waals surface area (Å²) in [7, 11) is -4.16. The molecule has 0 bridgehead atoms. The zero-order chi connectivity index (χ0) is 28.5. The van der Waals surface area contributed by atoms with Crippen molar-refractivity contribution >= 4 is 44.4 Å². The maximum Gasteiger partial charge on any atom is 0.416 e. The van der Waals surface area contributed by atoms with E-state index in [1.54, 1.807) is 6.92 Å². The van der Waals surface area contributed by atoms with Gasteiger partial charge in [0.25, 0.3) is 0 Å². The molecular weight excluding hydrogens is 581 g/mol. The molecule has 10 nitrogen and oxygen atoms in total. The number of hydrogen-bond donors (Lipinski definition) is 3. The lowest BCUT2D eigenvalue weighted by molar-refractivity contribution is -0.137. The maximum absolute atomic E-state index is 13.4. The van der Waals surface area contributed by atoms with Crippen LogP contribution >= 0.6 is 11.3 Å². The number of halogens is 3. The fraction of sp³-hybridized carbons (Fsp3) is 0.348. The SMILES string of the molecule is Cc1sc(C(=O)c2cncnc2N[C@@H]2C[C@H](COS(N)(=O)=O)[C@@H](O)C2)cc1[S@+]([O-])c1cccc(C(F)(F)F)c1. The summed E-state index contributed by atoms with van der Waals surface area (Å²) >= 11 is -0.924.